The molecule has 0 fully saturated rings. The van der Waals surface area contributed by atoms with Crippen LogP contribution >= 0.6 is 0 Å². The van der Waals surface area contributed by atoms with Crippen molar-refractivity contribution in [1.82, 2.24) is 4.90 Å². The highest BCUT2D eigenvalue weighted by Gasteiger charge is 2.11. The van der Waals surface area contributed by atoms with Gasteiger partial charge in [0, 0.05) is 13.1 Å². The van der Waals surface area contributed by atoms with Crippen LogP contribution in [0, 0.1) is 17.1 Å². The summed E-state index contributed by atoms with van der Waals surface area (Å²) >= 11 is 0. The molecule has 0 N–H and O–H groups in total. The van der Waals surface area contributed by atoms with Crippen molar-refractivity contribution in [3.63, 3.8) is 0 Å². The third-order valence-electron chi connectivity index (χ3n) is 3.60. The Bertz CT molecular complexity index is 450. The van der Waals surface area contributed by atoms with Crippen LogP contribution in [0.4, 0.5) is 10.1 Å². The monoisotopic (exact) mass is 277 g/mol. The van der Waals surface area contributed by atoms with Crippen LogP contribution in [0.3, 0.4) is 0 Å². The quantitative estimate of drug-likeness (QED) is 0.730. The minimum atomic E-state index is -0.311. The first-order chi connectivity index (χ1) is 9.65. The molecular weight excluding hydrogens is 253 g/mol. The number of nitriles is 1. The number of anilines is 1. The normalized spacial score (nSPS) is 10.6. The van der Waals surface area contributed by atoms with Gasteiger partial charge in [-0.05, 0) is 51.2 Å². The highest BCUT2D eigenvalue weighted by Crippen LogP contribution is 2.20. The number of rotatable bonds is 8. The maximum atomic E-state index is 14.0. The van der Waals surface area contributed by atoms with E-state index in [0.717, 1.165) is 39.1 Å². The van der Waals surface area contributed by atoms with Crippen LogP contribution in [-0.4, -0.2) is 37.6 Å². The molecule has 0 saturated heterocycles. The molecule has 0 aliphatic rings. The van der Waals surface area contributed by atoms with Gasteiger partial charge in [-0.1, -0.05) is 13.8 Å². The summed E-state index contributed by atoms with van der Waals surface area (Å²) in [6.07, 6.45) is 1.01. The van der Waals surface area contributed by atoms with Crippen LogP contribution in [0.25, 0.3) is 0 Å². The molecule has 110 valence electrons. The third-order valence-corrected chi connectivity index (χ3v) is 3.60. The van der Waals surface area contributed by atoms with Crippen LogP contribution in [0.5, 0.6) is 0 Å². The van der Waals surface area contributed by atoms with Gasteiger partial charge in [0.05, 0.1) is 17.3 Å². The Morgan fingerprint density at radius 1 is 1.10 bits per heavy atom. The predicted molar refractivity (Wildman–Crippen MR) is 81.4 cm³/mol. The zero-order valence-corrected chi connectivity index (χ0v) is 12.7. The first kappa shape index (κ1) is 16.5. The van der Waals surface area contributed by atoms with E-state index < -0.39 is 0 Å². The lowest BCUT2D eigenvalue weighted by atomic mass is 10.2. The second-order valence-corrected chi connectivity index (χ2v) is 4.74. The molecule has 0 spiro atoms. The van der Waals surface area contributed by atoms with Crippen molar-refractivity contribution < 1.29 is 4.39 Å². The first-order valence-electron chi connectivity index (χ1n) is 7.33. The van der Waals surface area contributed by atoms with Crippen molar-refractivity contribution in [2.45, 2.75) is 27.2 Å². The lowest BCUT2D eigenvalue weighted by molar-refractivity contribution is 0.300. The summed E-state index contributed by atoms with van der Waals surface area (Å²) in [5.74, 6) is -0.311. The number of hydrogen-bond donors (Lipinski definition) is 0. The van der Waals surface area contributed by atoms with E-state index in [4.69, 9.17) is 5.26 Å². The predicted octanol–water partition coefficient (Wildman–Crippen LogP) is 3.26. The van der Waals surface area contributed by atoms with E-state index in [-0.39, 0.29) is 5.82 Å². The number of benzene rings is 1. The molecule has 3 nitrogen and oxygen atoms in total. The summed E-state index contributed by atoms with van der Waals surface area (Å²) in [6.45, 7) is 11.1. The SMILES string of the molecule is CCN(CC)CCCN(CC)c1ccc(C#N)cc1F. The Hall–Kier alpha value is -1.60. The lowest BCUT2D eigenvalue weighted by Crippen LogP contribution is -2.30. The van der Waals surface area contributed by atoms with Crippen molar-refractivity contribution in [1.29, 1.82) is 5.26 Å². The smallest absolute Gasteiger partial charge is 0.147 e. The third kappa shape index (κ3) is 4.50. The van der Waals surface area contributed by atoms with Gasteiger partial charge < -0.3 is 9.80 Å². The van der Waals surface area contributed by atoms with Crippen LogP contribution in [0.15, 0.2) is 18.2 Å². The second kappa shape index (κ2) is 8.55. The van der Waals surface area contributed by atoms with Crippen molar-refractivity contribution in [2.75, 3.05) is 37.6 Å². The van der Waals surface area contributed by atoms with E-state index in [1.54, 1.807) is 12.1 Å². The average Bonchev–Trinajstić information content (AvgIpc) is 2.48. The molecule has 0 heterocycles. The van der Waals surface area contributed by atoms with Crippen molar-refractivity contribution in [2.24, 2.45) is 0 Å². The van der Waals surface area contributed by atoms with Crippen molar-refractivity contribution in [3.05, 3.63) is 29.6 Å². The molecule has 1 aromatic rings. The van der Waals surface area contributed by atoms with Crippen molar-refractivity contribution in [3.8, 4) is 6.07 Å². The largest absolute Gasteiger partial charge is 0.369 e. The van der Waals surface area contributed by atoms with Gasteiger partial charge in [0.1, 0.15) is 5.82 Å². The summed E-state index contributed by atoms with van der Waals surface area (Å²) < 4.78 is 14.0. The molecule has 1 rings (SSSR count). The number of nitrogens with zero attached hydrogens (tertiary/aromatic N) is 3. The standard InChI is InChI=1S/C16H24FN3/c1-4-19(5-2)10-7-11-20(6-3)16-9-8-14(13-18)12-15(16)17/h8-9,12H,4-7,10-11H2,1-3H3. The van der Waals surface area contributed by atoms with E-state index in [1.165, 1.54) is 6.07 Å². The van der Waals surface area contributed by atoms with Gasteiger partial charge in [0.2, 0.25) is 0 Å². The van der Waals surface area contributed by atoms with Crippen LogP contribution in [-0.2, 0) is 0 Å². The number of hydrogen-bond acceptors (Lipinski definition) is 3. The van der Waals surface area contributed by atoms with E-state index in [1.807, 2.05) is 17.9 Å². The van der Waals surface area contributed by atoms with Gasteiger partial charge in [0.25, 0.3) is 0 Å². The average molecular weight is 277 g/mol. The van der Waals surface area contributed by atoms with E-state index in [0.29, 0.717) is 11.3 Å². The Kier molecular flexibility index (Phi) is 7.03. The van der Waals surface area contributed by atoms with Crippen molar-refractivity contribution >= 4 is 5.69 Å². The molecule has 0 radical (unpaired) electrons. The molecule has 1 aromatic carbocycles. The maximum Gasteiger partial charge on any atom is 0.147 e. The topological polar surface area (TPSA) is 30.3 Å². The molecule has 0 aliphatic heterocycles. The summed E-state index contributed by atoms with van der Waals surface area (Å²) in [5.41, 5.74) is 0.955. The van der Waals surface area contributed by atoms with Crippen LogP contribution in [0.2, 0.25) is 0 Å². The van der Waals surface area contributed by atoms with E-state index in [2.05, 4.69) is 18.7 Å². The minimum Gasteiger partial charge on any atom is -0.369 e. The zero-order chi connectivity index (χ0) is 15.0. The fourth-order valence-corrected chi connectivity index (χ4v) is 2.31. The van der Waals surface area contributed by atoms with Gasteiger partial charge in [0.15, 0.2) is 0 Å². The van der Waals surface area contributed by atoms with Gasteiger partial charge in [-0.2, -0.15) is 5.26 Å². The fourth-order valence-electron chi connectivity index (χ4n) is 2.31. The van der Waals surface area contributed by atoms with Gasteiger partial charge in [-0.15, -0.1) is 0 Å². The summed E-state index contributed by atoms with van der Waals surface area (Å²) in [4.78, 5) is 4.39. The molecule has 20 heavy (non-hydrogen) atoms. The molecule has 0 aliphatic carbocycles. The van der Waals surface area contributed by atoms with Crippen LogP contribution in [0.1, 0.15) is 32.8 Å². The van der Waals surface area contributed by atoms with E-state index in [9.17, 15) is 4.39 Å². The molecule has 4 heteroatoms. The maximum absolute atomic E-state index is 14.0. The van der Waals surface area contributed by atoms with Gasteiger partial charge in [-0.3, -0.25) is 0 Å². The van der Waals surface area contributed by atoms with E-state index >= 15 is 0 Å². The second-order valence-electron chi connectivity index (χ2n) is 4.74. The Labute approximate surface area is 121 Å². The molecule has 0 amide bonds. The molecule has 0 atom stereocenters. The zero-order valence-electron chi connectivity index (χ0n) is 12.7. The molecule has 0 bridgehead atoms. The summed E-state index contributed by atoms with van der Waals surface area (Å²) in [7, 11) is 0. The highest BCUT2D eigenvalue weighted by molar-refractivity contribution is 5.51. The highest BCUT2D eigenvalue weighted by atomic mass is 19.1. The Morgan fingerprint density at radius 2 is 1.80 bits per heavy atom. The summed E-state index contributed by atoms with van der Waals surface area (Å²) in [5, 5.41) is 8.77. The fraction of sp³-hybridized carbons (Fsp3) is 0.562. The molecule has 0 unspecified atom stereocenters. The molecule has 0 saturated carbocycles. The minimum absolute atomic E-state index is 0.311. The lowest BCUT2D eigenvalue weighted by Gasteiger charge is -2.25. The van der Waals surface area contributed by atoms with Crippen LogP contribution < -0.4 is 4.90 Å². The van der Waals surface area contributed by atoms with Gasteiger partial charge >= 0.3 is 0 Å². The Balaban J connectivity index is 2.65. The Morgan fingerprint density at radius 3 is 2.30 bits per heavy atom. The van der Waals surface area contributed by atoms with Gasteiger partial charge in [-0.25, -0.2) is 4.39 Å². The molecule has 0 aromatic heterocycles. The summed E-state index contributed by atoms with van der Waals surface area (Å²) in [6, 6.07) is 6.64. The molecular formula is C16H24FN3. The number of halogens is 1. The first-order valence-corrected chi connectivity index (χ1v) is 7.33.